The summed E-state index contributed by atoms with van der Waals surface area (Å²) in [7, 11) is 0.999. The van der Waals surface area contributed by atoms with Crippen molar-refractivity contribution >= 4 is 44.5 Å². The summed E-state index contributed by atoms with van der Waals surface area (Å²) < 4.78 is 14.5. The summed E-state index contributed by atoms with van der Waals surface area (Å²) in [6.07, 6.45) is 0.730. The standard InChI is InChI=1S/C29H34N4O3S/c1-19-16-28(31-24-11-13-26(14-12-24)37(6,36)32(4)5)27-18-23(10-15-29(27)33(19)21(3)35)22-8-7-9-25(17-22)30-20(2)34/h7-15,17-19,28,31H,6,16H2,1-5H3,(H,30,34)/t19-,28+,37?/m0/s1. The molecular weight excluding hydrogens is 484 g/mol. The predicted molar refractivity (Wildman–Crippen MR) is 153 cm³/mol. The number of carbonyl (C=O) groups excluding carboxylic acids is 2. The second-order valence-electron chi connectivity index (χ2n) is 9.68. The number of benzene rings is 3. The molecular formula is C29H34N4O3S. The lowest BCUT2D eigenvalue weighted by atomic mass is 9.89. The van der Waals surface area contributed by atoms with Crippen LogP contribution in [0.25, 0.3) is 11.1 Å². The number of rotatable bonds is 6. The fraction of sp³-hybridized carbons (Fsp3) is 0.276. The van der Waals surface area contributed by atoms with Crippen LogP contribution in [0.15, 0.2) is 71.6 Å². The smallest absolute Gasteiger partial charge is 0.224 e. The zero-order valence-electron chi connectivity index (χ0n) is 21.9. The number of hydrogen-bond acceptors (Lipinski definition) is 4. The van der Waals surface area contributed by atoms with Crippen molar-refractivity contribution in [3.05, 3.63) is 72.3 Å². The number of nitrogens with zero attached hydrogens (tertiary/aromatic N) is 2. The van der Waals surface area contributed by atoms with E-state index in [1.165, 1.54) is 6.92 Å². The molecule has 0 fully saturated rings. The SMILES string of the molecule is C=S(=O)(c1ccc(N[C@@H]2C[C@H](C)N(C(C)=O)c3ccc(-c4cccc(NC(C)=O)c4)cc32)cc1)N(C)C. The van der Waals surface area contributed by atoms with Crippen LogP contribution in [0, 0.1) is 0 Å². The monoisotopic (exact) mass is 518 g/mol. The van der Waals surface area contributed by atoms with Gasteiger partial charge < -0.3 is 15.5 Å². The van der Waals surface area contributed by atoms with E-state index in [0.717, 1.165) is 40.2 Å². The van der Waals surface area contributed by atoms with E-state index in [1.54, 1.807) is 25.3 Å². The molecule has 3 aromatic rings. The highest BCUT2D eigenvalue weighted by Crippen LogP contribution is 2.41. The number of hydrogen-bond donors (Lipinski definition) is 2. The summed E-state index contributed by atoms with van der Waals surface area (Å²) in [6.45, 7) is 5.14. The lowest BCUT2D eigenvalue weighted by Crippen LogP contribution is -2.43. The zero-order chi connectivity index (χ0) is 26.9. The van der Waals surface area contributed by atoms with Gasteiger partial charge in [-0.1, -0.05) is 18.2 Å². The first-order valence-corrected chi connectivity index (χ1v) is 13.9. The average molecular weight is 519 g/mol. The van der Waals surface area contributed by atoms with Crippen molar-refractivity contribution in [2.24, 2.45) is 0 Å². The van der Waals surface area contributed by atoms with Gasteiger partial charge in [-0.25, -0.2) is 8.51 Å². The van der Waals surface area contributed by atoms with Crippen molar-refractivity contribution in [3.63, 3.8) is 0 Å². The van der Waals surface area contributed by atoms with Crippen LogP contribution in [-0.4, -0.2) is 46.3 Å². The Morgan fingerprint density at radius 1 is 0.973 bits per heavy atom. The molecule has 4 rings (SSSR count). The van der Waals surface area contributed by atoms with Crippen LogP contribution in [-0.2, 0) is 19.3 Å². The quantitative estimate of drug-likeness (QED) is 0.442. The molecule has 3 atom stereocenters. The average Bonchev–Trinajstić information content (AvgIpc) is 2.83. The Hall–Kier alpha value is -3.62. The molecule has 0 radical (unpaired) electrons. The summed E-state index contributed by atoms with van der Waals surface area (Å²) in [4.78, 5) is 26.6. The lowest BCUT2D eigenvalue weighted by molar-refractivity contribution is -0.117. The molecule has 0 spiro atoms. The van der Waals surface area contributed by atoms with E-state index in [0.29, 0.717) is 4.90 Å². The number of carbonyl (C=O) groups is 2. The molecule has 1 aliphatic heterocycles. The molecule has 0 saturated carbocycles. The first-order chi connectivity index (χ1) is 17.5. The van der Waals surface area contributed by atoms with Gasteiger partial charge in [0.15, 0.2) is 0 Å². The van der Waals surface area contributed by atoms with Gasteiger partial charge in [-0.15, -0.1) is 0 Å². The van der Waals surface area contributed by atoms with Gasteiger partial charge in [0, 0.05) is 41.8 Å². The zero-order valence-corrected chi connectivity index (χ0v) is 22.8. The molecule has 2 N–H and O–H groups in total. The highest BCUT2D eigenvalue weighted by Gasteiger charge is 2.32. The first kappa shape index (κ1) is 26.4. The van der Waals surface area contributed by atoms with Crippen LogP contribution in [0.4, 0.5) is 17.1 Å². The Labute approximate surface area is 219 Å². The van der Waals surface area contributed by atoms with E-state index >= 15 is 0 Å². The minimum atomic E-state index is -2.51. The molecule has 0 saturated heterocycles. The second-order valence-corrected chi connectivity index (χ2v) is 12.2. The van der Waals surface area contributed by atoms with Gasteiger partial charge in [-0.2, -0.15) is 0 Å². The van der Waals surface area contributed by atoms with E-state index in [2.05, 4.69) is 29.5 Å². The van der Waals surface area contributed by atoms with E-state index in [9.17, 15) is 13.8 Å². The van der Waals surface area contributed by atoms with Crippen LogP contribution >= 0.6 is 0 Å². The molecule has 1 heterocycles. The third-order valence-corrected chi connectivity index (χ3v) is 8.88. The van der Waals surface area contributed by atoms with Crippen LogP contribution < -0.4 is 15.5 Å². The third-order valence-electron chi connectivity index (χ3n) is 6.69. The van der Waals surface area contributed by atoms with Crippen molar-refractivity contribution < 1.29 is 13.8 Å². The van der Waals surface area contributed by atoms with Crippen LogP contribution in [0.5, 0.6) is 0 Å². The van der Waals surface area contributed by atoms with Crippen molar-refractivity contribution in [2.45, 2.75) is 44.2 Å². The molecule has 0 aliphatic carbocycles. The maximum Gasteiger partial charge on any atom is 0.224 e. The molecule has 8 heteroatoms. The molecule has 1 aliphatic rings. The van der Waals surface area contributed by atoms with Gasteiger partial charge in [0.1, 0.15) is 0 Å². The van der Waals surface area contributed by atoms with Gasteiger partial charge in [0.2, 0.25) is 11.8 Å². The molecule has 3 aromatic carbocycles. The maximum absolute atomic E-state index is 12.9. The summed E-state index contributed by atoms with van der Waals surface area (Å²) in [6, 6.07) is 21.4. The van der Waals surface area contributed by atoms with Crippen molar-refractivity contribution in [1.29, 1.82) is 0 Å². The van der Waals surface area contributed by atoms with E-state index in [1.807, 2.05) is 65.6 Å². The Bertz CT molecular complexity index is 1430. The van der Waals surface area contributed by atoms with E-state index in [-0.39, 0.29) is 23.9 Å². The van der Waals surface area contributed by atoms with Gasteiger partial charge in [0.05, 0.1) is 15.7 Å². The minimum Gasteiger partial charge on any atom is -0.378 e. The molecule has 0 aromatic heterocycles. The first-order valence-electron chi connectivity index (χ1n) is 12.2. The maximum atomic E-state index is 12.9. The molecule has 2 amide bonds. The third kappa shape index (κ3) is 5.55. The van der Waals surface area contributed by atoms with Gasteiger partial charge in [-0.05, 0) is 98.5 Å². The Kier molecular flexibility index (Phi) is 7.43. The minimum absolute atomic E-state index is 0.00542. The number of amides is 2. The van der Waals surface area contributed by atoms with Crippen molar-refractivity contribution in [2.75, 3.05) is 29.6 Å². The van der Waals surface area contributed by atoms with Crippen LogP contribution in [0.3, 0.4) is 0 Å². The summed E-state index contributed by atoms with van der Waals surface area (Å²) in [5, 5.41) is 6.47. The Morgan fingerprint density at radius 2 is 1.65 bits per heavy atom. The van der Waals surface area contributed by atoms with Gasteiger partial charge in [0.25, 0.3) is 0 Å². The molecule has 7 nitrogen and oxygen atoms in total. The number of nitrogens with one attached hydrogen (secondary N) is 2. The Morgan fingerprint density at radius 3 is 2.27 bits per heavy atom. The summed E-state index contributed by atoms with van der Waals surface area (Å²) in [5.41, 5.74) is 5.50. The van der Waals surface area contributed by atoms with Crippen LogP contribution in [0.1, 0.15) is 38.8 Å². The van der Waals surface area contributed by atoms with E-state index < -0.39 is 9.71 Å². The largest absolute Gasteiger partial charge is 0.378 e. The Balaban J connectivity index is 1.71. The molecule has 1 unspecified atom stereocenters. The highest BCUT2D eigenvalue weighted by atomic mass is 32.2. The number of fused-ring (bicyclic) bond motifs is 1. The topological polar surface area (TPSA) is 81.8 Å². The molecule has 0 bridgehead atoms. The summed E-state index contributed by atoms with van der Waals surface area (Å²) in [5.74, 6) is 3.77. The normalized spacial score (nSPS) is 18.6. The van der Waals surface area contributed by atoms with Crippen molar-refractivity contribution in [3.8, 4) is 11.1 Å². The molecule has 194 valence electrons. The van der Waals surface area contributed by atoms with Gasteiger partial charge >= 0.3 is 0 Å². The highest BCUT2D eigenvalue weighted by molar-refractivity contribution is 7.98. The predicted octanol–water partition coefficient (Wildman–Crippen LogP) is 5.16. The van der Waals surface area contributed by atoms with Crippen molar-refractivity contribution in [1.82, 2.24) is 4.31 Å². The van der Waals surface area contributed by atoms with E-state index in [4.69, 9.17) is 0 Å². The van der Waals surface area contributed by atoms with Crippen LogP contribution in [0.2, 0.25) is 0 Å². The molecule has 37 heavy (non-hydrogen) atoms. The second kappa shape index (κ2) is 10.4. The fourth-order valence-corrected chi connectivity index (χ4v) is 5.80. The summed E-state index contributed by atoms with van der Waals surface area (Å²) >= 11 is 0. The number of anilines is 3. The fourth-order valence-electron chi connectivity index (χ4n) is 4.82. The lowest BCUT2D eigenvalue weighted by Gasteiger charge is -2.40. The van der Waals surface area contributed by atoms with Gasteiger partial charge in [-0.3, -0.25) is 9.59 Å².